The number of carbonyl (C=O) groups excluding carboxylic acids is 2. The predicted octanol–water partition coefficient (Wildman–Crippen LogP) is 3.35. The number of ketones is 1. The van der Waals surface area contributed by atoms with Crippen molar-refractivity contribution in [3.63, 3.8) is 0 Å². The van der Waals surface area contributed by atoms with E-state index in [2.05, 4.69) is 4.98 Å². The van der Waals surface area contributed by atoms with E-state index in [9.17, 15) is 18.8 Å². The van der Waals surface area contributed by atoms with Gasteiger partial charge in [-0.2, -0.15) is 0 Å². The standard InChI is InChI=1S/C19H19FN2O5S2/c1-11(23)14-4-3-13(8-15(14)20)27-9-12-2-5-17(24)22(12)6-7-28-19-21-16(10-29-19)18(25)26/h3-4,8,10,12H,2,5-7,9H2,1H3,(H,25,26). The Hall–Kier alpha value is -2.46. The first-order chi connectivity index (χ1) is 13.8. The minimum atomic E-state index is -1.06. The van der Waals surface area contributed by atoms with Gasteiger partial charge in [0.15, 0.2) is 15.8 Å². The number of rotatable bonds is 9. The van der Waals surface area contributed by atoms with Crippen LogP contribution >= 0.6 is 23.1 Å². The Labute approximate surface area is 174 Å². The van der Waals surface area contributed by atoms with Crippen molar-refractivity contribution >= 4 is 40.8 Å². The SMILES string of the molecule is CC(=O)c1ccc(OCC2CCC(=O)N2CCSc2nc(C(=O)O)cs2)cc1F. The molecule has 1 N–H and O–H groups in total. The lowest BCUT2D eigenvalue weighted by Gasteiger charge is -2.24. The number of amides is 1. The summed E-state index contributed by atoms with van der Waals surface area (Å²) in [5.41, 5.74) is 0.0318. The Morgan fingerprint density at radius 1 is 1.45 bits per heavy atom. The highest BCUT2D eigenvalue weighted by atomic mass is 32.2. The number of aromatic carboxylic acids is 1. The summed E-state index contributed by atoms with van der Waals surface area (Å²) in [6.45, 7) is 2.01. The number of carbonyl (C=O) groups is 3. The summed E-state index contributed by atoms with van der Waals surface area (Å²) in [6.07, 6.45) is 1.08. The van der Waals surface area contributed by atoms with Crippen molar-refractivity contribution in [1.82, 2.24) is 9.88 Å². The third kappa shape index (κ3) is 5.33. The molecule has 1 unspecified atom stereocenters. The van der Waals surface area contributed by atoms with Crippen LogP contribution in [-0.4, -0.2) is 57.6 Å². The average molecular weight is 439 g/mol. The molecule has 1 saturated heterocycles. The Kier molecular flexibility index (Phi) is 6.86. The van der Waals surface area contributed by atoms with Crippen molar-refractivity contribution in [2.24, 2.45) is 0 Å². The van der Waals surface area contributed by atoms with Gasteiger partial charge in [-0.25, -0.2) is 14.2 Å². The van der Waals surface area contributed by atoms with Crippen LogP contribution in [0.4, 0.5) is 4.39 Å². The van der Waals surface area contributed by atoms with Gasteiger partial charge in [0.2, 0.25) is 5.91 Å². The van der Waals surface area contributed by atoms with E-state index in [-0.39, 0.29) is 35.6 Å². The minimum absolute atomic E-state index is 0.0142. The maximum Gasteiger partial charge on any atom is 0.355 e. The summed E-state index contributed by atoms with van der Waals surface area (Å²) >= 11 is 2.66. The molecule has 1 aliphatic heterocycles. The zero-order valence-corrected chi connectivity index (χ0v) is 17.2. The van der Waals surface area contributed by atoms with E-state index in [1.807, 2.05) is 0 Å². The molecule has 0 spiro atoms. The molecule has 29 heavy (non-hydrogen) atoms. The number of benzene rings is 1. The Morgan fingerprint density at radius 3 is 2.90 bits per heavy atom. The van der Waals surface area contributed by atoms with Gasteiger partial charge in [0.1, 0.15) is 18.2 Å². The molecule has 154 valence electrons. The van der Waals surface area contributed by atoms with E-state index in [4.69, 9.17) is 9.84 Å². The molecule has 1 aromatic heterocycles. The van der Waals surface area contributed by atoms with Crippen molar-refractivity contribution in [2.45, 2.75) is 30.1 Å². The fourth-order valence-electron chi connectivity index (χ4n) is 2.99. The molecule has 2 aromatic rings. The van der Waals surface area contributed by atoms with Gasteiger partial charge in [-0.05, 0) is 25.5 Å². The quantitative estimate of drug-likeness (QED) is 0.474. The van der Waals surface area contributed by atoms with Gasteiger partial charge in [0.25, 0.3) is 0 Å². The lowest BCUT2D eigenvalue weighted by molar-refractivity contribution is -0.129. The molecule has 1 aliphatic rings. The number of carboxylic acid groups (broad SMARTS) is 1. The number of Topliss-reactive ketones (excluding diaryl/α,β-unsaturated/α-hetero) is 1. The summed E-state index contributed by atoms with van der Waals surface area (Å²) in [5.74, 6) is -1.12. The van der Waals surface area contributed by atoms with Crippen molar-refractivity contribution in [2.75, 3.05) is 18.9 Å². The molecular formula is C19H19FN2O5S2. The molecular weight excluding hydrogens is 419 g/mol. The van der Waals surface area contributed by atoms with Crippen LogP contribution in [0.5, 0.6) is 5.75 Å². The van der Waals surface area contributed by atoms with Gasteiger partial charge in [-0.15, -0.1) is 11.3 Å². The number of nitrogens with zero attached hydrogens (tertiary/aromatic N) is 2. The predicted molar refractivity (Wildman–Crippen MR) is 106 cm³/mol. The van der Waals surface area contributed by atoms with Crippen LogP contribution in [0.3, 0.4) is 0 Å². The van der Waals surface area contributed by atoms with Crippen molar-refractivity contribution < 1.29 is 28.6 Å². The summed E-state index contributed by atoms with van der Waals surface area (Å²) in [4.78, 5) is 40.1. The summed E-state index contributed by atoms with van der Waals surface area (Å²) in [5, 5.41) is 10.4. The van der Waals surface area contributed by atoms with E-state index in [0.29, 0.717) is 35.2 Å². The number of thioether (sulfide) groups is 1. The van der Waals surface area contributed by atoms with Crippen LogP contribution < -0.4 is 4.74 Å². The maximum absolute atomic E-state index is 13.9. The number of hydrogen-bond acceptors (Lipinski definition) is 7. The van der Waals surface area contributed by atoms with Crippen molar-refractivity contribution in [1.29, 1.82) is 0 Å². The van der Waals surface area contributed by atoms with E-state index < -0.39 is 11.8 Å². The molecule has 0 bridgehead atoms. The number of thiazole rings is 1. The fourth-order valence-corrected chi connectivity index (χ4v) is 4.80. The molecule has 3 rings (SSSR count). The summed E-state index contributed by atoms with van der Waals surface area (Å²) in [7, 11) is 0. The maximum atomic E-state index is 13.9. The Morgan fingerprint density at radius 2 is 2.24 bits per heavy atom. The molecule has 10 heteroatoms. The van der Waals surface area contributed by atoms with Gasteiger partial charge in [0.05, 0.1) is 11.6 Å². The topological polar surface area (TPSA) is 96.8 Å². The lowest BCUT2D eigenvalue weighted by atomic mass is 10.1. The zero-order valence-electron chi connectivity index (χ0n) is 15.6. The van der Waals surface area contributed by atoms with Crippen molar-refractivity contribution in [3.8, 4) is 5.75 Å². The lowest BCUT2D eigenvalue weighted by Crippen LogP contribution is -2.38. The van der Waals surface area contributed by atoms with Crippen LogP contribution in [0, 0.1) is 5.82 Å². The van der Waals surface area contributed by atoms with E-state index in [1.54, 1.807) is 11.0 Å². The summed E-state index contributed by atoms with van der Waals surface area (Å²) < 4.78 is 20.2. The van der Waals surface area contributed by atoms with Crippen LogP contribution in [0.15, 0.2) is 27.9 Å². The highest BCUT2D eigenvalue weighted by Crippen LogP contribution is 2.26. The smallest absolute Gasteiger partial charge is 0.355 e. The molecule has 2 heterocycles. The van der Waals surface area contributed by atoms with Crippen LogP contribution in [-0.2, 0) is 4.79 Å². The fraction of sp³-hybridized carbons (Fsp3) is 0.368. The first kappa shape index (κ1) is 21.3. The van der Waals surface area contributed by atoms with Gasteiger partial charge in [-0.3, -0.25) is 9.59 Å². The van der Waals surface area contributed by atoms with Crippen LogP contribution in [0.1, 0.15) is 40.6 Å². The molecule has 7 nitrogen and oxygen atoms in total. The summed E-state index contributed by atoms with van der Waals surface area (Å²) in [6, 6.07) is 3.99. The third-order valence-electron chi connectivity index (χ3n) is 4.47. The number of likely N-dealkylation sites (tertiary alicyclic amines) is 1. The van der Waals surface area contributed by atoms with Gasteiger partial charge < -0.3 is 14.7 Å². The first-order valence-electron chi connectivity index (χ1n) is 8.89. The number of hydrogen-bond donors (Lipinski definition) is 1. The second kappa shape index (κ2) is 9.36. The molecule has 0 saturated carbocycles. The second-order valence-corrected chi connectivity index (χ2v) is 8.64. The molecule has 0 aliphatic carbocycles. The number of aromatic nitrogens is 1. The van der Waals surface area contributed by atoms with Gasteiger partial charge in [0, 0.05) is 30.2 Å². The Bertz CT molecular complexity index is 933. The second-order valence-electron chi connectivity index (χ2n) is 6.44. The number of halogens is 1. The normalized spacial score (nSPS) is 16.3. The van der Waals surface area contributed by atoms with E-state index in [1.165, 1.54) is 47.5 Å². The largest absolute Gasteiger partial charge is 0.491 e. The molecule has 1 amide bonds. The van der Waals surface area contributed by atoms with Gasteiger partial charge >= 0.3 is 5.97 Å². The third-order valence-corrected chi connectivity index (χ3v) is 6.48. The molecule has 1 fully saturated rings. The highest BCUT2D eigenvalue weighted by Gasteiger charge is 2.31. The van der Waals surface area contributed by atoms with E-state index in [0.717, 1.165) is 0 Å². The zero-order chi connectivity index (χ0) is 21.0. The molecule has 1 atom stereocenters. The number of ether oxygens (including phenoxy) is 1. The minimum Gasteiger partial charge on any atom is -0.491 e. The highest BCUT2D eigenvalue weighted by molar-refractivity contribution is 8.01. The van der Waals surface area contributed by atoms with Crippen LogP contribution in [0.2, 0.25) is 0 Å². The van der Waals surface area contributed by atoms with E-state index >= 15 is 0 Å². The first-order valence-corrected chi connectivity index (χ1v) is 10.8. The Balaban J connectivity index is 1.52. The van der Waals surface area contributed by atoms with Crippen LogP contribution in [0.25, 0.3) is 0 Å². The van der Waals surface area contributed by atoms with Crippen molar-refractivity contribution in [3.05, 3.63) is 40.7 Å². The average Bonchev–Trinajstić information content (AvgIpc) is 3.27. The number of carboxylic acids is 1. The monoisotopic (exact) mass is 438 g/mol. The van der Waals surface area contributed by atoms with Gasteiger partial charge in [-0.1, -0.05) is 11.8 Å². The molecule has 0 radical (unpaired) electrons. The molecule has 1 aromatic carbocycles.